The Morgan fingerprint density at radius 2 is 0.657 bits per heavy atom. The molecule has 0 saturated heterocycles. The third-order valence-corrected chi connectivity index (χ3v) is 9.97. The Bertz CT molecular complexity index is 866. The molecule has 7 heteroatoms. The van der Waals surface area contributed by atoms with Gasteiger partial charge in [0.2, 0.25) is 0 Å². The predicted octanol–water partition coefficient (Wildman–Crippen LogP) is 7.72. The molecule has 4 aromatic carbocycles. The molecule has 0 heterocycles. The number of benzene rings is 4. The minimum Gasteiger partial charge on any atom is -0.677 e. The van der Waals surface area contributed by atoms with Crippen molar-refractivity contribution in [3.05, 3.63) is 133 Å². The molecule has 0 bridgehead atoms. The van der Waals surface area contributed by atoms with Gasteiger partial charge in [-0.2, -0.15) is 0 Å². The summed E-state index contributed by atoms with van der Waals surface area (Å²) in [5.74, 6) is 0. The van der Waals surface area contributed by atoms with Gasteiger partial charge in [-0.05, 0) is 49.4 Å². The Morgan fingerprint density at radius 1 is 0.457 bits per heavy atom. The van der Waals surface area contributed by atoms with Crippen LogP contribution in [0, 0.1) is 0 Å². The minimum absolute atomic E-state index is 0.338. The normalized spacial score (nSPS) is 10.2. The van der Waals surface area contributed by atoms with Crippen LogP contribution in [0.15, 0.2) is 121 Å². The molecule has 4 aromatic rings. The average molecular weight is 628 g/mol. The zero-order valence-corrected chi connectivity index (χ0v) is 24.4. The van der Waals surface area contributed by atoms with Crippen LogP contribution in [0.4, 0.5) is 0 Å². The van der Waals surface area contributed by atoms with Crippen LogP contribution in [-0.2, 0) is 15.1 Å². The second kappa shape index (κ2) is 19.0. The van der Waals surface area contributed by atoms with Crippen LogP contribution < -0.4 is 21.2 Å². The third-order valence-electron chi connectivity index (χ3n) is 4.94. The molecule has 0 aromatic heterocycles. The van der Waals surface area contributed by atoms with Gasteiger partial charge in [0.15, 0.2) is 0 Å². The zero-order chi connectivity index (χ0) is 25.1. The maximum absolute atomic E-state index is 7.45. The van der Waals surface area contributed by atoms with E-state index in [1.54, 1.807) is 0 Å². The van der Waals surface area contributed by atoms with Gasteiger partial charge in [0.1, 0.15) is 0 Å². The van der Waals surface area contributed by atoms with Crippen LogP contribution in [0.3, 0.4) is 0 Å². The number of halogens is 2. The van der Waals surface area contributed by atoms with Gasteiger partial charge in [-0.1, -0.05) is 121 Å². The van der Waals surface area contributed by atoms with Crippen LogP contribution in [0.25, 0.3) is 11.5 Å². The van der Waals surface area contributed by atoms with E-state index in [0.717, 1.165) is 12.3 Å². The molecule has 2 N–H and O–H groups in total. The quantitative estimate of drug-likeness (QED) is 0.142. The van der Waals surface area contributed by atoms with E-state index >= 15 is 0 Å². The molecule has 0 atom stereocenters. The molecule has 4 rings (SSSR count). The van der Waals surface area contributed by atoms with E-state index in [0.29, 0.717) is 13.1 Å². The summed E-state index contributed by atoms with van der Waals surface area (Å²) in [6.07, 6.45) is 1.90. The summed E-state index contributed by atoms with van der Waals surface area (Å²) in [5.41, 5.74) is 14.9. The van der Waals surface area contributed by atoms with Crippen molar-refractivity contribution in [1.29, 1.82) is 0 Å². The molecule has 0 saturated carbocycles. The first-order valence-electron chi connectivity index (χ1n) is 11.1. The van der Waals surface area contributed by atoms with Gasteiger partial charge in [0.25, 0.3) is 0 Å². The maximum atomic E-state index is 7.45. The molecule has 2 nitrogen and oxygen atoms in total. The van der Waals surface area contributed by atoms with Crippen LogP contribution >= 0.6 is 35.2 Å². The van der Waals surface area contributed by atoms with E-state index in [2.05, 4.69) is 97.1 Å². The van der Waals surface area contributed by atoms with Crippen LogP contribution in [0.2, 0.25) is 0 Å². The van der Waals surface area contributed by atoms with Crippen molar-refractivity contribution >= 4 is 56.4 Å². The van der Waals surface area contributed by atoms with Crippen molar-refractivity contribution in [1.82, 2.24) is 0 Å². The summed E-state index contributed by atoms with van der Waals surface area (Å²) in [4.78, 5) is 0. The molecule has 0 aliphatic rings. The molecule has 35 heavy (non-hydrogen) atoms. The Kier molecular flexibility index (Phi) is 16.4. The predicted molar refractivity (Wildman–Crippen MR) is 158 cm³/mol. The van der Waals surface area contributed by atoms with Crippen LogP contribution in [0.5, 0.6) is 0 Å². The smallest absolute Gasteiger partial charge is 0.0196 e. The fourth-order valence-corrected chi connectivity index (χ4v) is 7.67. The Balaban J connectivity index is 0.000000222. The zero-order valence-electron chi connectivity index (χ0n) is 19.4. The molecule has 0 fully saturated rings. The summed E-state index contributed by atoms with van der Waals surface area (Å²) in [7, 11) is 9.03. The summed E-state index contributed by atoms with van der Waals surface area (Å²) in [6, 6.07) is 42.2. The van der Waals surface area contributed by atoms with Crippen LogP contribution in [-0.4, -0.2) is 25.4 Å². The third kappa shape index (κ3) is 11.2. The topological polar surface area (TPSA) is 47.6 Å². The van der Waals surface area contributed by atoms with E-state index in [1.807, 2.05) is 24.3 Å². The van der Waals surface area contributed by atoms with E-state index < -0.39 is 0 Å². The Labute approximate surface area is 228 Å². The largest absolute Gasteiger partial charge is 0.677 e. The second-order valence-electron chi connectivity index (χ2n) is 7.20. The maximum Gasteiger partial charge on any atom is -0.0196 e. The molecule has 0 amide bonds. The van der Waals surface area contributed by atoms with Crippen molar-refractivity contribution in [3.63, 3.8) is 0 Å². The summed E-state index contributed by atoms with van der Waals surface area (Å²) >= 11 is -0.346. The molecule has 0 aliphatic heterocycles. The average Bonchev–Trinajstić information content (AvgIpc) is 2.93. The van der Waals surface area contributed by atoms with Crippen molar-refractivity contribution in [2.75, 3.05) is 25.4 Å². The monoisotopic (exact) mass is 628 g/mol. The number of hydrogen-bond donors (Lipinski definition) is 0. The molecule has 0 unspecified atom stereocenters. The van der Waals surface area contributed by atoms with E-state index in [4.69, 9.17) is 30.8 Å². The second-order valence-corrected chi connectivity index (χ2v) is 14.5. The molecule has 0 aliphatic carbocycles. The van der Waals surface area contributed by atoms with Gasteiger partial charge < -0.3 is 11.5 Å². The Morgan fingerprint density at radius 3 is 0.829 bits per heavy atom. The summed E-state index contributed by atoms with van der Waals surface area (Å²) in [5, 5.41) is 5.49. The van der Waals surface area contributed by atoms with Crippen molar-refractivity contribution < 1.29 is 15.1 Å². The first-order valence-corrected chi connectivity index (χ1v) is 18.7. The number of hydrogen-bond acceptors (Lipinski definition) is 0. The van der Waals surface area contributed by atoms with Crippen molar-refractivity contribution in [2.45, 2.75) is 0 Å². The van der Waals surface area contributed by atoms with Crippen molar-refractivity contribution in [2.24, 2.45) is 0 Å². The van der Waals surface area contributed by atoms with Gasteiger partial charge in [0.05, 0.1) is 0 Å². The van der Waals surface area contributed by atoms with E-state index in [9.17, 15) is 0 Å². The number of rotatable bonds is 8. The molecule has 0 spiro atoms. The molecule has 0 radical (unpaired) electrons. The van der Waals surface area contributed by atoms with Gasteiger partial charge >= 0.3 is 34.5 Å². The van der Waals surface area contributed by atoms with E-state index in [-0.39, 0.29) is 31.0 Å². The van der Waals surface area contributed by atoms with Gasteiger partial charge in [-0.25, -0.2) is 0 Å². The Hall–Kier alpha value is -1.14. The molecular weight excluding hydrogens is 598 g/mol. The van der Waals surface area contributed by atoms with Gasteiger partial charge in [0, 0.05) is 0 Å². The SMILES string of the molecule is [Cl][Ru+2][Cl].[NH-]CCP(c1ccccc1)c1ccccc1.[NH-]CCP(c1ccccc1)c1ccccc1. The van der Waals surface area contributed by atoms with Gasteiger partial charge in [-0.3, -0.25) is 0 Å². The minimum atomic E-state index is -0.346. The fraction of sp³-hybridized carbons (Fsp3) is 0.143. The van der Waals surface area contributed by atoms with Crippen LogP contribution in [0.1, 0.15) is 0 Å². The summed E-state index contributed by atoms with van der Waals surface area (Å²) in [6.45, 7) is 0.991. The molecule has 184 valence electrons. The summed E-state index contributed by atoms with van der Waals surface area (Å²) < 4.78 is 0. The standard InChI is InChI=1S/2C14H15NP.2ClH.Ru/c2*15-11-12-16(13-7-3-1-4-8-13)14-9-5-2-6-10-14;;;/h2*1-10,15H,11-12H2;2*1H;/q2*-1;;;+4/p-2. The van der Waals surface area contributed by atoms with Gasteiger partial charge in [-0.15, -0.1) is 13.1 Å². The van der Waals surface area contributed by atoms with Crippen molar-refractivity contribution in [3.8, 4) is 0 Å². The van der Waals surface area contributed by atoms with E-state index in [1.165, 1.54) is 21.2 Å². The molecular formula is C28H30Cl2N2P2Ru. The fourth-order valence-electron chi connectivity index (χ4n) is 3.47. The number of nitrogens with one attached hydrogen (secondary N) is 2. The first kappa shape index (κ1) is 30.1. The first-order chi connectivity index (χ1) is 17.2.